The molecule has 0 aromatic heterocycles. The second-order valence-electron chi connectivity index (χ2n) is 11.1. The number of nitriles is 1. The van der Waals surface area contributed by atoms with Crippen molar-refractivity contribution in [2.24, 2.45) is 28.6 Å². The van der Waals surface area contributed by atoms with Crippen LogP contribution in [0.3, 0.4) is 0 Å². The summed E-state index contributed by atoms with van der Waals surface area (Å²) in [5, 5.41) is 29.7. The molecule has 0 spiro atoms. The van der Waals surface area contributed by atoms with Gasteiger partial charge in [-0.1, -0.05) is 77.3 Å². The molecular formula is C32H47NO2. The lowest BCUT2D eigenvalue weighted by molar-refractivity contribution is 0.0862. The fraction of sp³-hybridized carbons (Fsp3) is 0.656. The third kappa shape index (κ3) is 6.20. The van der Waals surface area contributed by atoms with Gasteiger partial charge in [0.2, 0.25) is 0 Å². The highest BCUT2D eigenvalue weighted by molar-refractivity contribution is 5.38. The monoisotopic (exact) mass is 477 g/mol. The number of rotatable bonds is 5. The maximum Gasteiger partial charge on any atom is 0.117 e. The zero-order chi connectivity index (χ0) is 24.9. The fourth-order valence-electron chi connectivity index (χ4n) is 6.73. The first-order valence-electron chi connectivity index (χ1n) is 13.2. The number of hydrogen-bond donors (Lipinski definition) is 2. The van der Waals surface area contributed by atoms with Crippen LogP contribution in [0, 0.1) is 51.8 Å². The summed E-state index contributed by atoms with van der Waals surface area (Å²) in [5.74, 6) is 8.03. The Balaban J connectivity index is 0.00000432. The third-order valence-corrected chi connectivity index (χ3v) is 9.15. The van der Waals surface area contributed by atoms with Gasteiger partial charge in [0.25, 0.3) is 0 Å². The molecule has 2 N–H and O–H groups in total. The van der Waals surface area contributed by atoms with Crippen molar-refractivity contribution in [1.29, 1.82) is 5.26 Å². The molecule has 3 fully saturated rings. The molecule has 3 heteroatoms. The molecule has 0 amide bonds. The minimum Gasteiger partial charge on any atom is -0.393 e. The van der Waals surface area contributed by atoms with E-state index in [1.807, 2.05) is 19.9 Å². The molecule has 3 aliphatic carbocycles. The van der Waals surface area contributed by atoms with E-state index in [-0.39, 0.29) is 12.8 Å². The Hall–Kier alpha value is -2.07. The molecule has 3 rings (SSSR count). The molecule has 0 saturated heterocycles. The summed E-state index contributed by atoms with van der Waals surface area (Å²) in [7, 11) is 0. The molecule has 3 aliphatic rings. The van der Waals surface area contributed by atoms with Crippen molar-refractivity contribution in [2.75, 3.05) is 0 Å². The largest absolute Gasteiger partial charge is 0.393 e. The van der Waals surface area contributed by atoms with Gasteiger partial charge in [-0.25, -0.2) is 0 Å². The minimum atomic E-state index is -0.635. The summed E-state index contributed by atoms with van der Waals surface area (Å²) in [6.45, 7) is 12.9. The number of allylic oxidation sites excluding steroid dienone is 5. The molecule has 0 aromatic rings. The summed E-state index contributed by atoms with van der Waals surface area (Å²) in [5.41, 5.74) is 3.03. The topological polar surface area (TPSA) is 64.2 Å². The molecular weight excluding hydrogens is 430 g/mol. The quantitative estimate of drug-likeness (QED) is 0.409. The lowest BCUT2D eigenvalue weighted by Gasteiger charge is -2.44. The Morgan fingerprint density at radius 3 is 2.60 bits per heavy atom. The molecule has 0 radical (unpaired) electrons. The maximum absolute atomic E-state index is 10.2. The third-order valence-electron chi connectivity index (χ3n) is 9.15. The molecule has 0 bridgehead atoms. The van der Waals surface area contributed by atoms with Crippen LogP contribution in [-0.4, -0.2) is 22.4 Å². The van der Waals surface area contributed by atoms with Gasteiger partial charge in [0, 0.05) is 6.42 Å². The van der Waals surface area contributed by atoms with E-state index in [0.717, 1.165) is 30.4 Å². The normalized spacial score (nSPS) is 34.1. The molecule has 192 valence electrons. The van der Waals surface area contributed by atoms with Gasteiger partial charge in [0.05, 0.1) is 18.3 Å². The van der Waals surface area contributed by atoms with E-state index in [0.29, 0.717) is 30.6 Å². The van der Waals surface area contributed by atoms with E-state index < -0.39 is 17.6 Å². The van der Waals surface area contributed by atoms with E-state index >= 15 is 0 Å². The molecule has 0 aliphatic heterocycles. The van der Waals surface area contributed by atoms with Crippen molar-refractivity contribution >= 4 is 0 Å². The average Bonchev–Trinajstić information content (AvgIpc) is 3.18. The van der Waals surface area contributed by atoms with E-state index in [2.05, 4.69) is 56.6 Å². The van der Waals surface area contributed by atoms with Crippen LogP contribution >= 0.6 is 0 Å². The molecule has 0 aromatic carbocycles. The standard InChI is InChI=1S/C31H43NO2.CH4/c1-6-31(7-2,21-32)18-9-8-11-22(3)27-15-16-28-24(12-10-17-30(27,28)5)13-14-25-19-26(33)20-29(34)23(25)4;/h8,11,13-14,22,26-29,33-34H,4,6-7,10,12,15-17,19-20H2,1-3,5H3;1H4/b11-8+,24-13+,25-14-;. The van der Waals surface area contributed by atoms with Crippen LogP contribution < -0.4 is 0 Å². The van der Waals surface area contributed by atoms with Crippen LogP contribution in [-0.2, 0) is 0 Å². The van der Waals surface area contributed by atoms with Gasteiger partial charge in [0.15, 0.2) is 0 Å². The zero-order valence-corrected chi connectivity index (χ0v) is 21.6. The number of aliphatic hydroxyl groups excluding tert-OH is 2. The number of aliphatic hydroxyl groups is 2. The Morgan fingerprint density at radius 1 is 1.23 bits per heavy atom. The second-order valence-corrected chi connectivity index (χ2v) is 11.1. The van der Waals surface area contributed by atoms with Crippen molar-refractivity contribution in [1.82, 2.24) is 0 Å². The van der Waals surface area contributed by atoms with Gasteiger partial charge < -0.3 is 10.2 Å². The maximum atomic E-state index is 10.2. The first kappa shape index (κ1) is 29.2. The number of hydrogen-bond acceptors (Lipinski definition) is 3. The van der Waals surface area contributed by atoms with Crippen LogP contribution in [0.5, 0.6) is 0 Å². The number of nitrogens with zero attached hydrogens (tertiary/aromatic N) is 1. The average molecular weight is 478 g/mol. The van der Waals surface area contributed by atoms with Crippen LogP contribution in [0.1, 0.15) is 92.9 Å². The summed E-state index contributed by atoms with van der Waals surface area (Å²) in [6, 6.07) is 2.40. The van der Waals surface area contributed by atoms with E-state index in [1.165, 1.54) is 31.3 Å². The van der Waals surface area contributed by atoms with Crippen molar-refractivity contribution in [3.8, 4) is 17.9 Å². The lowest BCUT2D eigenvalue weighted by atomic mass is 9.61. The summed E-state index contributed by atoms with van der Waals surface area (Å²) >= 11 is 0. The molecule has 3 saturated carbocycles. The summed E-state index contributed by atoms with van der Waals surface area (Å²) in [4.78, 5) is 0. The van der Waals surface area contributed by atoms with Gasteiger partial charge in [-0.15, -0.1) is 0 Å². The first-order valence-corrected chi connectivity index (χ1v) is 13.2. The van der Waals surface area contributed by atoms with Gasteiger partial charge in [-0.3, -0.25) is 0 Å². The molecule has 6 unspecified atom stereocenters. The first-order chi connectivity index (χ1) is 16.2. The van der Waals surface area contributed by atoms with Gasteiger partial charge in [0.1, 0.15) is 5.41 Å². The van der Waals surface area contributed by atoms with Gasteiger partial charge in [-0.05, 0) is 91.8 Å². The lowest BCUT2D eigenvalue weighted by Crippen LogP contribution is -2.35. The van der Waals surface area contributed by atoms with Crippen molar-refractivity contribution in [3.63, 3.8) is 0 Å². The van der Waals surface area contributed by atoms with Crippen molar-refractivity contribution < 1.29 is 10.2 Å². The molecule has 35 heavy (non-hydrogen) atoms. The van der Waals surface area contributed by atoms with Gasteiger partial charge in [-0.2, -0.15) is 5.26 Å². The summed E-state index contributed by atoms with van der Waals surface area (Å²) in [6.07, 6.45) is 16.0. The summed E-state index contributed by atoms with van der Waals surface area (Å²) < 4.78 is 0. The van der Waals surface area contributed by atoms with E-state index in [9.17, 15) is 15.5 Å². The van der Waals surface area contributed by atoms with Crippen LogP contribution in [0.15, 0.2) is 47.6 Å². The Labute approximate surface area is 214 Å². The highest BCUT2D eigenvalue weighted by atomic mass is 16.3. The second kappa shape index (κ2) is 12.3. The Kier molecular flexibility index (Phi) is 10.2. The zero-order valence-electron chi connectivity index (χ0n) is 21.6. The van der Waals surface area contributed by atoms with Gasteiger partial charge >= 0.3 is 0 Å². The fourth-order valence-corrected chi connectivity index (χ4v) is 6.73. The smallest absolute Gasteiger partial charge is 0.117 e. The van der Waals surface area contributed by atoms with Crippen molar-refractivity contribution in [2.45, 2.75) is 105 Å². The van der Waals surface area contributed by atoms with Crippen molar-refractivity contribution in [3.05, 3.63) is 47.6 Å². The highest BCUT2D eigenvalue weighted by Crippen LogP contribution is 2.59. The minimum absolute atomic E-state index is 0. The predicted molar refractivity (Wildman–Crippen MR) is 146 cm³/mol. The van der Waals surface area contributed by atoms with E-state index in [4.69, 9.17) is 0 Å². The molecule has 3 nitrogen and oxygen atoms in total. The van der Waals surface area contributed by atoms with Crippen LogP contribution in [0.4, 0.5) is 0 Å². The molecule has 6 atom stereocenters. The van der Waals surface area contributed by atoms with Crippen LogP contribution in [0.2, 0.25) is 0 Å². The highest BCUT2D eigenvalue weighted by Gasteiger charge is 2.50. The van der Waals surface area contributed by atoms with Crippen LogP contribution in [0.25, 0.3) is 0 Å². The molecule has 0 heterocycles. The Morgan fingerprint density at radius 2 is 1.94 bits per heavy atom. The number of fused-ring (bicyclic) bond motifs is 1. The SMILES string of the molecule is C.C=C1/C(=C\C=C2/CCCC3(C)C2CCC3C(C)/C=C/C#CC(C#N)(CC)CC)CC(O)CC1O. The predicted octanol–water partition coefficient (Wildman–Crippen LogP) is 7.29. The Bertz CT molecular complexity index is 948. The van der Waals surface area contributed by atoms with E-state index in [1.54, 1.807) is 0 Å².